The lowest BCUT2D eigenvalue weighted by molar-refractivity contribution is -0.150. The highest BCUT2D eigenvalue weighted by Gasteiger charge is 2.35. The van der Waals surface area contributed by atoms with Crippen LogP contribution in [0.4, 0.5) is 0 Å². The van der Waals surface area contributed by atoms with Gasteiger partial charge in [0.1, 0.15) is 5.76 Å². The molecule has 1 aliphatic rings. The van der Waals surface area contributed by atoms with Crippen molar-refractivity contribution < 1.29 is 23.3 Å². The van der Waals surface area contributed by atoms with Crippen molar-refractivity contribution in [3.05, 3.63) is 59.9 Å². The average Bonchev–Trinajstić information content (AvgIpc) is 3.43. The van der Waals surface area contributed by atoms with E-state index >= 15 is 0 Å². The highest BCUT2D eigenvalue weighted by molar-refractivity contribution is 5.86. The van der Waals surface area contributed by atoms with Gasteiger partial charge in [0.15, 0.2) is 6.61 Å². The van der Waals surface area contributed by atoms with E-state index in [0.717, 1.165) is 11.1 Å². The maximum atomic E-state index is 12.3. The molecular weight excluding hydrogens is 362 g/mol. The van der Waals surface area contributed by atoms with Crippen LogP contribution in [-0.2, 0) is 27.5 Å². The van der Waals surface area contributed by atoms with Gasteiger partial charge in [-0.2, -0.15) is 4.98 Å². The van der Waals surface area contributed by atoms with Gasteiger partial charge < -0.3 is 18.6 Å². The number of aryl methyl sites for hydroxylation is 1. The molecule has 8 heteroatoms. The minimum atomic E-state index is -0.512. The molecule has 0 bridgehead atoms. The minimum Gasteiger partial charge on any atom is -0.467 e. The fourth-order valence-electron chi connectivity index (χ4n) is 3.06. The fraction of sp³-hybridized carbons (Fsp3) is 0.300. The smallest absolute Gasteiger partial charge is 0.311 e. The zero-order valence-electron chi connectivity index (χ0n) is 15.3. The van der Waals surface area contributed by atoms with Crippen molar-refractivity contribution >= 4 is 11.9 Å². The highest BCUT2D eigenvalue weighted by atomic mass is 16.6. The summed E-state index contributed by atoms with van der Waals surface area (Å²) in [7, 11) is 0. The van der Waals surface area contributed by atoms with Gasteiger partial charge >= 0.3 is 5.97 Å². The van der Waals surface area contributed by atoms with Gasteiger partial charge in [0.25, 0.3) is 5.89 Å². The standard InChI is InChI=1S/C20H19N3O5/c1-13-4-6-14(7-5-13)19-21-17(28-22-19)12-27-20(25)15-9-18(24)23(10-15)11-16-3-2-8-26-16/h2-8,15H,9-12H2,1H3/t15-/m0/s1. The van der Waals surface area contributed by atoms with E-state index in [1.807, 2.05) is 31.2 Å². The summed E-state index contributed by atoms with van der Waals surface area (Å²) >= 11 is 0. The van der Waals surface area contributed by atoms with E-state index in [4.69, 9.17) is 13.7 Å². The van der Waals surface area contributed by atoms with Crippen LogP contribution in [0.25, 0.3) is 11.4 Å². The van der Waals surface area contributed by atoms with Gasteiger partial charge in [0, 0.05) is 18.5 Å². The molecule has 1 fully saturated rings. The van der Waals surface area contributed by atoms with E-state index in [0.29, 0.717) is 24.7 Å². The lowest BCUT2D eigenvalue weighted by Crippen LogP contribution is -2.26. The Bertz CT molecular complexity index is 962. The van der Waals surface area contributed by atoms with Crippen LogP contribution >= 0.6 is 0 Å². The Morgan fingerprint density at radius 1 is 1.29 bits per heavy atom. The lowest BCUT2D eigenvalue weighted by atomic mass is 10.1. The Morgan fingerprint density at radius 2 is 2.11 bits per heavy atom. The Hall–Kier alpha value is -3.42. The normalized spacial score (nSPS) is 16.5. The van der Waals surface area contributed by atoms with Gasteiger partial charge in [0.05, 0.1) is 18.7 Å². The van der Waals surface area contributed by atoms with Gasteiger partial charge in [-0.3, -0.25) is 9.59 Å². The second-order valence-corrected chi connectivity index (χ2v) is 6.74. The zero-order valence-corrected chi connectivity index (χ0v) is 15.3. The fourth-order valence-corrected chi connectivity index (χ4v) is 3.06. The van der Waals surface area contributed by atoms with E-state index in [1.165, 1.54) is 0 Å². The summed E-state index contributed by atoms with van der Waals surface area (Å²) in [5.74, 6) is 0.259. The number of ether oxygens (including phenoxy) is 1. The van der Waals surface area contributed by atoms with Crippen molar-refractivity contribution in [2.45, 2.75) is 26.5 Å². The number of likely N-dealkylation sites (tertiary alicyclic amines) is 1. The molecule has 3 aromatic rings. The van der Waals surface area contributed by atoms with E-state index in [1.54, 1.807) is 23.3 Å². The first-order valence-corrected chi connectivity index (χ1v) is 8.95. The summed E-state index contributed by atoms with van der Waals surface area (Å²) in [5, 5.41) is 3.91. The Balaban J connectivity index is 1.31. The number of esters is 1. The number of aromatic nitrogens is 2. The van der Waals surface area contributed by atoms with E-state index in [9.17, 15) is 9.59 Å². The van der Waals surface area contributed by atoms with Crippen LogP contribution in [0.2, 0.25) is 0 Å². The highest BCUT2D eigenvalue weighted by Crippen LogP contribution is 2.22. The first-order chi connectivity index (χ1) is 13.6. The van der Waals surface area contributed by atoms with Crippen LogP contribution in [0.1, 0.15) is 23.6 Å². The Morgan fingerprint density at radius 3 is 2.86 bits per heavy atom. The number of hydrogen-bond acceptors (Lipinski definition) is 7. The molecule has 0 N–H and O–H groups in total. The third kappa shape index (κ3) is 3.95. The van der Waals surface area contributed by atoms with E-state index < -0.39 is 11.9 Å². The van der Waals surface area contributed by atoms with Gasteiger partial charge in [-0.15, -0.1) is 0 Å². The summed E-state index contributed by atoms with van der Waals surface area (Å²) in [6, 6.07) is 11.3. The minimum absolute atomic E-state index is 0.0993. The molecule has 0 saturated carbocycles. The predicted octanol–water partition coefficient (Wildman–Crippen LogP) is 2.73. The first-order valence-electron chi connectivity index (χ1n) is 8.95. The summed E-state index contributed by atoms with van der Waals surface area (Å²) in [4.78, 5) is 30.3. The summed E-state index contributed by atoms with van der Waals surface area (Å²) < 4.78 is 15.7. The molecule has 8 nitrogen and oxygen atoms in total. The topological polar surface area (TPSA) is 98.7 Å². The van der Waals surface area contributed by atoms with Crippen molar-refractivity contribution in [3.8, 4) is 11.4 Å². The number of rotatable bonds is 6. The zero-order chi connectivity index (χ0) is 19.5. The van der Waals surface area contributed by atoms with Crippen molar-refractivity contribution in [1.82, 2.24) is 15.0 Å². The van der Waals surface area contributed by atoms with Crippen LogP contribution in [0.5, 0.6) is 0 Å². The third-order valence-corrected chi connectivity index (χ3v) is 4.59. The molecule has 144 valence electrons. The Labute approximate surface area is 161 Å². The molecule has 1 atom stereocenters. The number of amides is 1. The lowest BCUT2D eigenvalue weighted by Gasteiger charge is -2.14. The van der Waals surface area contributed by atoms with Crippen LogP contribution in [-0.4, -0.2) is 33.5 Å². The van der Waals surface area contributed by atoms with E-state index in [-0.39, 0.29) is 24.8 Å². The number of carbonyl (C=O) groups is 2. The average molecular weight is 381 g/mol. The van der Waals surface area contributed by atoms with Gasteiger partial charge in [0.2, 0.25) is 11.7 Å². The second-order valence-electron chi connectivity index (χ2n) is 6.74. The van der Waals surface area contributed by atoms with E-state index in [2.05, 4.69) is 10.1 Å². The van der Waals surface area contributed by atoms with Gasteiger partial charge in [-0.1, -0.05) is 35.0 Å². The van der Waals surface area contributed by atoms with Crippen molar-refractivity contribution in [2.75, 3.05) is 6.54 Å². The molecule has 0 aliphatic carbocycles. The van der Waals surface area contributed by atoms with Crippen molar-refractivity contribution in [3.63, 3.8) is 0 Å². The number of hydrogen-bond donors (Lipinski definition) is 0. The van der Waals surface area contributed by atoms with Gasteiger partial charge in [-0.05, 0) is 19.1 Å². The molecule has 0 radical (unpaired) electrons. The third-order valence-electron chi connectivity index (χ3n) is 4.59. The maximum Gasteiger partial charge on any atom is 0.311 e. The molecule has 1 saturated heterocycles. The number of furan rings is 1. The summed E-state index contributed by atoms with van der Waals surface area (Å²) in [6.45, 7) is 2.52. The molecule has 3 heterocycles. The predicted molar refractivity (Wildman–Crippen MR) is 96.5 cm³/mol. The largest absolute Gasteiger partial charge is 0.467 e. The van der Waals surface area contributed by atoms with Crippen LogP contribution in [0.15, 0.2) is 51.6 Å². The molecule has 0 unspecified atom stereocenters. The molecule has 28 heavy (non-hydrogen) atoms. The quantitative estimate of drug-likeness (QED) is 0.605. The maximum absolute atomic E-state index is 12.3. The monoisotopic (exact) mass is 381 g/mol. The molecule has 0 spiro atoms. The number of carbonyl (C=O) groups excluding carboxylic acids is 2. The van der Waals surface area contributed by atoms with Gasteiger partial charge in [-0.25, -0.2) is 0 Å². The first kappa shape index (κ1) is 18.0. The van der Waals surface area contributed by atoms with Crippen LogP contribution in [0, 0.1) is 12.8 Å². The molecule has 4 rings (SSSR count). The van der Waals surface area contributed by atoms with Crippen LogP contribution < -0.4 is 0 Å². The molecule has 1 aliphatic heterocycles. The van der Waals surface area contributed by atoms with Crippen molar-refractivity contribution in [1.29, 1.82) is 0 Å². The summed E-state index contributed by atoms with van der Waals surface area (Å²) in [6.07, 6.45) is 1.68. The molecule has 1 amide bonds. The number of benzene rings is 1. The molecular formula is C20H19N3O5. The Kier molecular flexibility index (Phi) is 4.92. The SMILES string of the molecule is Cc1ccc(-c2noc(COC(=O)[C@H]3CC(=O)N(Cc4ccco4)C3)n2)cc1. The molecule has 2 aromatic heterocycles. The summed E-state index contributed by atoms with van der Waals surface area (Å²) in [5.41, 5.74) is 1.95. The second kappa shape index (κ2) is 7.67. The number of nitrogens with zero attached hydrogens (tertiary/aromatic N) is 3. The van der Waals surface area contributed by atoms with Crippen molar-refractivity contribution in [2.24, 2.45) is 5.92 Å². The van der Waals surface area contributed by atoms with Crippen LogP contribution in [0.3, 0.4) is 0 Å². The molecule has 1 aromatic carbocycles.